The van der Waals surface area contributed by atoms with Crippen LogP contribution in [0, 0.1) is 11.6 Å². The second kappa shape index (κ2) is 15.7. The molecule has 0 saturated carbocycles. The molecular formula is C39H48ClF2N7O6S. The number of hydrogen-bond acceptors (Lipinski definition) is 12. The van der Waals surface area contributed by atoms with E-state index in [-0.39, 0.29) is 74.4 Å². The number of carbonyl (C=O) groups is 2. The fourth-order valence-electron chi connectivity index (χ4n) is 7.49. The molecular weight excluding hydrogens is 768 g/mol. The van der Waals surface area contributed by atoms with Crippen LogP contribution in [0.3, 0.4) is 0 Å². The lowest BCUT2D eigenvalue weighted by atomic mass is 10.0. The van der Waals surface area contributed by atoms with Crippen LogP contribution in [0.15, 0.2) is 18.2 Å². The van der Waals surface area contributed by atoms with Gasteiger partial charge in [-0.05, 0) is 92.6 Å². The first-order valence-corrected chi connectivity index (χ1v) is 20.2. The van der Waals surface area contributed by atoms with Crippen molar-refractivity contribution in [1.29, 1.82) is 0 Å². The summed E-state index contributed by atoms with van der Waals surface area (Å²) in [6.07, 6.45) is 1.94. The Hall–Kier alpha value is -4.12. The maximum atomic E-state index is 17.3. The van der Waals surface area contributed by atoms with Gasteiger partial charge in [-0.3, -0.25) is 15.1 Å². The number of anilines is 2. The molecule has 2 aromatic heterocycles. The Morgan fingerprint density at radius 2 is 1.66 bits per heavy atom. The minimum Gasteiger partial charge on any atom is -0.459 e. The number of nitrogens with zero attached hydrogens (tertiary/aromatic N) is 6. The van der Waals surface area contributed by atoms with Gasteiger partial charge >= 0.3 is 18.2 Å². The van der Waals surface area contributed by atoms with E-state index in [0.29, 0.717) is 30.8 Å². The normalized spacial score (nSPS) is 20.0. The predicted octanol–water partition coefficient (Wildman–Crippen LogP) is 8.26. The average Bonchev–Trinajstić information content (AvgIpc) is 3.52. The van der Waals surface area contributed by atoms with Gasteiger partial charge in [0.05, 0.1) is 40.5 Å². The number of likely N-dealkylation sites (tertiary alicyclic amines) is 1. The Morgan fingerprint density at radius 1 is 0.982 bits per heavy atom. The quantitative estimate of drug-likeness (QED) is 0.194. The van der Waals surface area contributed by atoms with Crippen LogP contribution in [-0.2, 0) is 14.2 Å². The van der Waals surface area contributed by atoms with Crippen molar-refractivity contribution in [1.82, 2.24) is 24.8 Å². The molecule has 3 saturated heterocycles. The fourth-order valence-corrected chi connectivity index (χ4v) is 8.67. The van der Waals surface area contributed by atoms with E-state index in [4.69, 9.17) is 35.5 Å². The zero-order valence-corrected chi connectivity index (χ0v) is 34.3. The largest absolute Gasteiger partial charge is 0.459 e. The second-order valence-corrected chi connectivity index (χ2v) is 18.0. The number of morpholine rings is 1. The Morgan fingerprint density at radius 3 is 2.32 bits per heavy atom. The summed E-state index contributed by atoms with van der Waals surface area (Å²) in [5, 5.41) is 2.98. The number of nitrogens with one attached hydrogen (secondary N) is 1. The highest BCUT2D eigenvalue weighted by Crippen LogP contribution is 2.43. The van der Waals surface area contributed by atoms with Gasteiger partial charge in [0.15, 0.2) is 10.9 Å². The number of fused-ring (bicyclic) bond motifs is 4. The number of amides is 2. The number of ether oxygens (including phenoxy) is 4. The number of benzene rings is 2. The molecule has 3 aliphatic heterocycles. The number of piperidine rings is 1. The third kappa shape index (κ3) is 8.72. The monoisotopic (exact) mass is 815 g/mol. The first-order chi connectivity index (χ1) is 26.4. The van der Waals surface area contributed by atoms with Crippen LogP contribution in [-0.4, -0.2) is 112 Å². The zero-order chi connectivity index (χ0) is 40.1. The van der Waals surface area contributed by atoms with E-state index < -0.39 is 35.0 Å². The summed E-state index contributed by atoms with van der Waals surface area (Å²) in [5.41, 5.74) is -1.24. The van der Waals surface area contributed by atoms with Crippen molar-refractivity contribution in [2.75, 3.05) is 56.2 Å². The van der Waals surface area contributed by atoms with Crippen molar-refractivity contribution in [3.8, 4) is 17.1 Å². The number of halogens is 3. The summed E-state index contributed by atoms with van der Waals surface area (Å²) >= 11 is 7.86. The van der Waals surface area contributed by atoms with Gasteiger partial charge in [0.1, 0.15) is 34.5 Å². The number of piperazine rings is 1. The molecule has 0 spiro atoms. The van der Waals surface area contributed by atoms with E-state index in [0.717, 1.165) is 37.3 Å². The van der Waals surface area contributed by atoms with Gasteiger partial charge in [-0.2, -0.15) is 9.97 Å². The Labute approximate surface area is 333 Å². The summed E-state index contributed by atoms with van der Waals surface area (Å²) in [7, 11) is 0. The summed E-state index contributed by atoms with van der Waals surface area (Å²) in [5.74, 6) is -0.980. The van der Waals surface area contributed by atoms with E-state index in [1.165, 1.54) is 18.6 Å². The summed E-state index contributed by atoms with van der Waals surface area (Å²) in [6, 6.07) is 3.46. The smallest absolute Gasteiger partial charge is 0.413 e. The van der Waals surface area contributed by atoms with Gasteiger partial charge in [-0.1, -0.05) is 29.4 Å². The van der Waals surface area contributed by atoms with E-state index >= 15 is 8.78 Å². The molecule has 2 amide bonds. The molecule has 0 aliphatic carbocycles. The first kappa shape index (κ1) is 40.1. The summed E-state index contributed by atoms with van der Waals surface area (Å²) < 4.78 is 55.9. The number of aromatic nitrogens is 3. The molecule has 3 aliphatic rings. The molecule has 302 valence electrons. The topological polar surface area (TPSA) is 131 Å². The zero-order valence-electron chi connectivity index (χ0n) is 32.7. The van der Waals surface area contributed by atoms with E-state index in [2.05, 4.69) is 20.2 Å². The maximum absolute atomic E-state index is 17.3. The molecule has 3 atom stereocenters. The molecule has 13 nitrogen and oxygen atoms in total. The standard InChI is InChI=1S/C39H48ClF2N7O6S/c1-21(16-47-13-9-8-10-14-47)53-34-43-30-25(33(45-34)48-17-22-19-52-20-23(18-48)49(22)37(51)55-39(5,6)7)15-26(40)28(29(30)42)24-11-12-27(41)32-31(24)44-35(56-32)46-36(50)54-38(2,3)4/h11-12,15,21-23H,8-10,13-14,16-20H2,1-7H3,(H,44,46,50). The van der Waals surface area contributed by atoms with Crippen LogP contribution in [0.5, 0.6) is 6.01 Å². The minimum absolute atomic E-state index is 0.0121. The summed E-state index contributed by atoms with van der Waals surface area (Å²) in [4.78, 5) is 46.0. The van der Waals surface area contributed by atoms with Crippen molar-refractivity contribution in [2.24, 2.45) is 0 Å². The molecule has 2 aromatic carbocycles. The number of carbonyl (C=O) groups excluding carboxylic acids is 2. The molecule has 4 aromatic rings. The van der Waals surface area contributed by atoms with Crippen molar-refractivity contribution in [3.63, 3.8) is 0 Å². The van der Waals surface area contributed by atoms with Crippen molar-refractivity contribution in [2.45, 2.75) is 97.1 Å². The van der Waals surface area contributed by atoms with Crippen LogP contribution < -0.4 is 15.0 Å². The molecule has 7 rings (SSSR count). The van der Waals surface area contributed by atoms with Crippen LogP contribution in [0.2, 0.25) is 5.02 Å². The molecule has 5 heterocycles. The lowest BCUT2D eigenvalue weighted by Crippen LogP contribution is -2.66. The van der Waals surface area contributed by atoms with Crippen molar-refractivity contribution < 1.29 is 37.3 Å². The SMILES string of the molecule is CC(CN1CCCCC1)Oc1nc(N2CC3COCC(C2)N3C(=O)OC(C)(C)C)c2cc(Cl)c(-c3ccc(F)c4sc(NC(=O)OC(C)(C)C)nc34)c(F)c2n1. The highest BCUT2D eigenvalue weighted by atomic mass is 35.5. The van der Waals surface area contributed by atoms with Gasteiger partial charge in [0, 0.05) is 36.1 Å². The molecule has 3 unspecified atom stereocenters. The number of rotatable bonds is 7. The lowest BCUT2D eigenvalue weighted by molar-refractivity contribution is -0.0665. The van der Waals surface area contributed by atoms with E-state index in [9.17, 15) is 9.59 Å². The Kier molecular flexibility index (Phi) is 11.2. The van der Waals surface area contributed by atoms with Crippen LogP contribution in [0.1, 0.15) is 67.7 Å². The molecule has 0 radical (unpaired) electrons. The third-order valence-electron chi connectivity index (χ3n) is 9.66. The Balaban J connectivity index is 1.30. The second-order valence-electron chi connectivity index (χ2n) is 16.6. The van der Waals surface area contributed by atoms with E-state index in [1.807, 2.05) is 32.6 Å². The molecule has 56 heavy (non-hydrogen) atoms. The Bertz CT molecular complexity index is 2120. The number of hydrogen-bond donors (Lipinski definition) is 1. The van der Waals surface area contributed by atoms with Gasteiger partial charge in [0.2, 0.25) is 0 Å². The van der Waals surface area contributed by atoms with Crippen LogP contribution in [0.4, 0.5) is 29.3 Å². The number of thiazole rings is 1. The first-order valence-electron chi connectivity index (χ1n) is 19.0. The molecule has 3 fully saturated rings. The highest BCUT2D eigenvalue weighted by Gasteiger charge is 2.44. The lowest BCUT2D eigenvalue weighted by Gasteiger charge is -2.49. The van der Waals surface area contributed by atoms with Gasteiger partial charge in [-0.15, -0.1) is 0 Å². The summed E-state index contributed by atoms with van der Waals surface area (Å²) in [6.45, 7) is 16.4. The van der Waals surface area contributed by atoms with E-state index in [1.54, 1.807) is 31.7 Å². The van der Waals surface area contributed by atoms with Gasteiger partial charge in [-0.25, -0.2) is 23.4 Å². The van der Waals surface area contributed by atoms with Crippen molar-refractivity contribution >= 4 is 67.2 Å². The molecule has 17 heteroatoms. The average molecular weight is 816 g/mol. The van der Waals surface area contributed by atoms with Crippen molar-refractivity contribution in [3.05, 3.63) is 34.9 Å². The minimum atomic E-state index is -0.775. The highest BCUT2D eigenvalue weighted by molar-refractivity contribution is 7.22. The van der Waals surface area contributed by atoms with Gasteiger partial charge < -0.3 is 23.8 Å². The maximum Gasteiger partial charge on any atom is 0.413 e. The fraction of sp³-hybridized carbons (Fsp3) is 0.564. The molecule has 2 bridgehead atoms. The van der Waals surface area contributed by atoms with Crippen LogP contribution in [0.25, 0.3) is 32.2 Å². The molecule has 1 N–H and O–H groups in total. The predicted molar refractivity (Wildman–Crippen MR) is 212 cm³/mol. The van der Waals surface area contributed by atoms with Gasteiger partial charge in [0.25, 0.3) is 0 Å². The third-order valence-corrected chi connectivity index (χ3v) is 10.9. The van der Waals surface area contributed by atoms with Crippen LogP contribution >= 0.6 is 22.9 Å².